The molecule has 1 N–H and O–H groups in total. The van der Waals surface area contributed by atoms with Crippen LogP contribution in [-0.2, 0) is 43.3 Å². The first-order chi connectivity index (χ1) is 18.8. The van der Waals surface area contributed by atoms with Crippen molar-refractivity contribution in [3.63, 3.8) is 0 Å². The van der Waals surface area contributed by atoms with Crippen molar-refractivity contribution in [2.75, 3.05) is 20.3 Å². The molecule has 1 saturated heterocycles. The van der Waals surface area contributed by atoms with Crippen LogP contribution in [0, 0.1) is 10.8 Å². The summed E-state index contributed by atoms with van der Waals surface area (Å²) in [5.74, 6) is -1.05. The highest BCUT2D eigenvalue weighted by molar-refractivity contribution is 5.91. The maximum Gasteiger partial charge on any atom is 0.410 e. The van der Waals surface area contributed by atoms with Gasteiger partial charge in [-0.1, -0.05) is 59.2 Å². The highest BCUT2D eigenvalue weighted by Gasteiger charge is 2.47. The fraction of sp³-hybridized carbons (Fsp3) is 0.667. The number of ether oxygens (including phenoxy) is 3. The Morgan fingerprint density at radius 1 is 1.10 bits per heavy atom. The topological polar surface area (TPSA) is 114 Å². The van der Waals surface area contributed by atoms with E-state index in [1.54, 1.807) is 4.90 Å². The fourth-order valence-corrected chi connectivity index (χ4v) is 5.78. The molecule has 1 aromatic rings. The molecule has 0 radical (unpaired) electrons. The predicted octanol–water partition coefficient (Wildman–Crippen LogP) is 4.17. The van der Waals surface area contributed by atoms with Crippen molar-refractivity contribution in [1.29, 1.82) is 0 Å². The van der Waals surface area contributed by atoms with Crippen LogP contribution in [0.4, 0.5) is 9.59 Å². The van der Waals surface area contributed by atoms with Crippen molar-refractivity contribution in [3.8, 4) is 0 Å². The average molecular weight is 558 g/mol. The summed E-state index contributed by atoms with van der Waals surface area (Å²) in [6.45, 7) is 10.8. The van der Waals surface area contributed by atoms with Crippen molar-refractivity contribution in [2.24, 2.45) is 10.8 Å². The van der Waals surface area contributed by atoms with E-state index in [1.807, 2.05) is 32.9 Å². The lowest BCUT2D eigenvalue weighted by molar-refractivity contribution is -0.152. The monoisotopic (exact) mass is 557 g/mol. The summed E-state index contributed by atoms with van der Waals surface area (Å²) in [7, 11) is 1.26. The average Bonchev–Trinajstić information content (AvgIpc) is 3.52. The van der Waals surface area contributed by atoms with Crippen LogP contribution in [0.25, 0.3) is 0 Å². The second-order valence-electron chi connectivity index (χ2n) is 13.1. The van der Waals surface area contributed by atoms with Gasteiger partial charge in [-0.05, 0) is 46.8 Å². The van der Waals surface area contributed by atoms with E-state index in [-0.39, 0.29) is 25.0 Å². The summed E-state index contributed by atoms with van der Waals surface area (Å²) >= 11 is 0. The molecule has 3 aliphatic rings. The Bertz CT molecular complexity index is 1140. The number of nitrogens with zero attached hydrogens (tertiary/aromatic N) is 2. The Morgan fingerprint density at radius 2 is 1.82 bits per heavy atom. The zero-order valence-electron chi connectivity index (χ0n) is 24.6. The third-order valence-corrected chi connectivity index (χ3v) is 8.14. The molecule has 0 saturated carbocycles. The van der Waals surface area contributed by atoms with Crippen LogP contribution in [0.5, 0.6) is 0 Å². The van der Waals surface area contributed by atoms with Gasteiger partial charge in [0.05, 0.1) is 20.3 Å². The smallest absolute Gasteiger partial charge is 0.410 e. The van der Waals surface area contributed by atoms with Gasteiger partial charge in [0, 0.05) is 19.5 Å². The molecule has 40 heavy (non-hydrogen) atoms. The van der Waals surface area contributed by atoms with Gasteiger partial charge in [0.15, 0.2) is 0 Å². The van der Waals surface area contributed by atoms with Gasteiger partial charge in [-0.15, -0.1) is 0 Å². The Balaban J connectivity index is 1.62. The maximum absolute atomic E-state index is 13.8. The van der Waals surface area contributed by atoms with Crippen molar-refractivity contribution in [2.45, 2.75) is 98.0 Å². The summed E-state index contributed by atoms with van der Waals surface area (Å²) in [6, 6.07) is 4.28. The zero-order valence-corrected chi connectivity index (χ0v) is 24.6. The lowest BCUT2D eigenvalue weighted by Gasteiger charge is -2.35. The number of carbonyl (C=O) groups excluding carboxylic acids is 4. The number of hydrogen-bond donors (Lipinski definition) is 1. The second-order valence-corrected chi connectivity index (χ2v) is 13.1. The van der Waals surface area contributed by atoms with Gasteiger partial charge < -0.3 is 24.4 Å². The molecule has 10 nitrogen and oxygen atoms in total. The number of methoxy groups -OCH3 is 1. The van der Waals surface area contributed by atoms with E-state index in [4.69, 9.17) is 14.2 Å². The number of amides is 3. The van der Waals surface area contributed by atoms with E-state index in [0.29, 0.717) is 13.1 Å². The molecule has 1 aromatic carbocycles. The van der Waals surface area contributed by atoms with E-state index < -0.39 is 47.7 Å². The van der Waals surface area contributed by atoms with Crippen LogP contribution < -0.4 is 5.32 Å². The van der Waals surface area contributed by atoms with E-state index in [9.17, 15) is 19.2 Å². The number of hydrogen-bond acceptors (Lipinski definition) is 7. The normalized spacial score (nSPS) is 26.1. The molecule has 10 heteroatoms. The summed E-state index contributed by atoms with van der Waals surface area (Å²) in [5.41, 5.74) is 2.58. The number of carbonyl (C=O) groups is 4. The van der Waals surface area contributed by atoms with Gasteiger partial charge in [0.2, 0.25) is 5.91 Å². The number of esters is 1. The molecule has 3 amide bonds. The molecule has 3 heterocycles. The van der Waals surface area contributed by atoms with Crippen LogP contribution in [0.1, 0.15) is 77.0 Å². The van der Waals surface area contributed by atoms with Crippen molar-refractivity contribution < 1.29 is 33.4 Å². The summed E-state index contributed by atoms with van der Waals surface area (Å²) in [4.78, 5) is 55.7. The molecule has 1 fully saturated rings. The number of nitrogens with one attached hydrogen (secondary N) is 1. The third kappa shape index (κ3) is 6.70. The summed E-state index contributed by atoms with van der Waals surface area (Å²) in [5, 5.41) is 2.74. The first kappa shape index (κ1) is 29.7. The lowest BCUT2D eigenvalue weighted by atomic mass is 9.85. The van der Waals surface area contributed by atoms with Gasteiger partial charge in [-0.3, -0.25) is 9.69 Å². The molecule has 3 atom stereocenters. The van der Waals surface area contributed by atoms with E-state index >= 15 is 0 Å². The lowest BCUT2D eigenvalue weighted by Crippen LogP contribution is -2.57. The van der Waals surface area contributed by atoms with Crippen LogP contribution in [0.2, 0.25) is 0 Å². The largest absolute Gasteiger partial charge is 0.467 e. The Labute approximate surface area is 236 Å². The maximum atomic E-state index is 13.8. The molecule has 4 rings (SSSR count). The molecular weight excluding hydrogens is 514 g/mol. The van der Waals surface area contributed by atoms with E-state index in [2.05, 4.69) is 25.2 Å². The van der Waals surface area contributed by atoms with Gasteiger partial charge in [0.1, 0.15) is 18.2 Å². The number of aryl methyl sites for hydroxylation is 1. The number of cyclic esters (lactones) is 1. The van der Waals surface area contributed by atoms with Gasteiger partial charge >= 0.3 is 18.2 Å². The molecule has 220 valence electrons. The Hall–Kier alpha value is -3.30. The number of fused-ring (bicyclic) bond motifs is 3. The summed E-state index contributed by atoms with van der Waals surface area (Å²) < 4.78 is 16.4. The van der Waals surface area contributed by atoms with Crippen molar-refractivity contribution in [3.05, 3.63) is 34.9 Å². The molecular formula is C30H43N3O7. The highest BCUT2D eigenvalue weighted by atomic mass is 16.6. The van der Waals surface area contributed by atoms with Gasteiger partial charge in [0.25, 0.3) is 0 Å². The van der Waals surface area contributed by atoms with Crippen LogP contribution in [0.3, 0.4) is 0 Å². The van der Waals surface area contributed by atoms with E-state index in [1.165, 1.54) is 17.6 Å². The number of alkyl carbamates (subject to hydrolysis) is 1. The molecule has 0 spiro atoms. The molecule has 1 unspecified atom stereocenters. The third-order valence-electron chi connectivity index (χ3n) is 8.14. The second kappa shape index (κ2) is 11.7. The molecule has 0 aromatic heterocycles. The van der Waals surface area contributed by atoms with Crippen LogP contribution in [-0.4, -0.2) is 72.3 Å². The molecule has 0 aliphatic carbocycles. The minimum Gasteiger partial charge on any atom is -0.467 e. The summed E-state index contributed by atoms with van der Waals surface area (Å²) in [6.07, 6.45) is 1.97. The minimum atomic E-state index is -0.971. The first-order valence-corrected chi connectivity index (χ1v) is 14.2. The standard InChI is InChI=1S/C30H43N3O7/c1-29(2,3)24-25(34)33-16-21(14-23(33)26(35)38-6)40-28(37)32-15-20-12-9-11-19(22(20)17-32)10-7-8-13-30(4,5)18-39-27(36)31-24/h9,11-12,21,23-24H,7-8,10,13-18H2,1-6H3,(H,31,36)/t21-,23?,24-/m1/s1. The Morgan fingerprint density at radius 3 is 2.52 bits per heavy atom. The van der Waals surface area contributed by atoms with Crippen LogP contribution >= 0.6 is 0 Å². The Kier molecular flexibility index (Phi) is 8.66. The van der Waals surface area contributed by atoms with Gasteiger partial charge in [-0.25, -0.2) is 14.4 Å². The molecule has 3 aliphatic heterocycles. The predicted molar refractivity (Wildman–Crippen MR) is 147 cm³/mol. The SMILES string of the molecule is COC(=O)C1C[C@@H]2CN1C(=O)[C@H](C(C)(C)C)NC(=O)OCC(C)(C)CCCCc1cccc3c1CN(C3)C(=O)O2. The number of benzene rings is 1. The first-order valence-electron chi connectivity index (χ1n) is 14.2. The quantitative estimate of drug-likeness (QED) is 0.407. The number of rotatable bonds is 1. The van der Waals surface area contributed by atoms with Crippen LogP contribution in [0.15, 0.2) is 18.2 Å². The van der Waals surface area contributed by atoms with Crippen molar-refractivity contribution >= 4 is 24.1 Å². The highest BCUT2D eigenvalue weighted by Crippen LogP contribution is 2.32. The fourth-order valence-electron chi connectivity index (χ4n) is 5.78. The molecule has 4 bridgehead atoms. The zero-order chi connectivity index (χ0) is 29.2. The van der Waals surface area contributed by atoms with E-state index in [0.717, 1.165) is 36.8 Å². The van der Waals surface area contributed by atoms with Crippen molar-refractivity contribution in [1.82, 2.24) is 15.1 Å². The minimum absolute atomic E-state index is 0.0206. The van der Waals surface area contributed by atoms with Gasteiger partial charge in [-0.2, -0.15) is 0 Å².